The second-order valence-electron chi connectivity index (χ2n) is 8.84. The van der Waals surface area contributed by atoms with E-state index in [0.717, 1.165) is 27.4 Å². The first-order chi connectivity index (χ1) is 16.1. The fraction of sp³-hybridized carbons (Fsp3) is 0.360. The van der Waals surface area contributed by atoms with Gasteiger partial charge in [-0.15, -0.1) is 0 Å². The van der Waals surface area contributed by atoms with Crippen molar-refractivity contribution < 1.29 is 18.8 Å². The summed E-state index contributed by atoms with van der Waals surface area (Å²) in [6.45, 7) is 9.52. The molecule has 4 amide bonds. The maximum absolute atomic E-state index is 13.1. The van der Waals surface area contributed by atoms with Gasteiger partial charge in [-0.2, -0.15) is 5.10 Å². The van der Waals surface area contributed by atoms with Crippen LogP contribution >= 0.6 is 0 Å². The molecule has 3 heterocycles. The Bertz CT molecular complexity index is 1260. The summed E-state index contributed by atoms with van der Waals surface area (Å²) in [7, 11) is 0. The minimum Gasteiger partial charge on any atom is -0.466 e. The number of imide groups is 1. The lowest BCUT2D eigenvalue weighted by molar-refractivity contribution is -0.134. The summed E-state index contributed by atoms with van der Waals surface area (Å²) in [6.07, 6.45) is 0. The molecule has 0 aliphatic carbocycles. The van der Waals surface area contributed by atoms with Crippen LogP contribution in [0.4, 0.5) is 4.79 Å². The smallest absolute Gasteiger partial charge is 0.325 e. The Kier molecular flexibility index (Phi) is 6.03. The topological polar surface area (TPSA) is 109 Å². The Morgan fingerprint density at radius 1 is 1.15 bits per heavy atom. The van der Waals surface area contributed by atoms with E-state index in [1.807, 2.05) is 48.9 Å². The molecule has 0 radical (unpaired) electrons. The van der Waals surface area contributed by atoms with E-state index in [4.69, 9.17) is 4.42 Å². The molecule has 34 heavy (non-hydrogen) atoms. The van der Waals surface area contributed by atoms with Crippen LogP contribution in [0.5, 0.6) is 0 Å². The van der Waals surface area contributed by atoms with Crippen LogP contribution in [0.2, 0.25) is 0 Å². The molecule has 3 aromatic rings. The third kappa shape index (κ3) is 4.21. The zero-order chi connectivity index (χ0) is 24.6. The van der Waals surface area contributed by atoms with Gasteiger partial charge in [-0.25, -0.2) is 4.79 Å². The first-order valence-corrected chi connectivity index (χ1v) is 11.1. The fourth-order valence-corrected chi connectivity index (χ4v) is 4.44. The lowest BCUT2D eigenvalue weighted by Gasteiger charge is -2.21. The number of nitrogens with one attached hydrogen (secondary N) is 2. The highest BCUT2D eigenvalue weighted by molar-refractivity contribution is 6.09. The largest absolute Gasteiger partial charge is 0.466 e. The zero-order valence-electron chi connectivity index (χ0n) is 20.1. The SMILES string of the molecule is Cc1cc(C2(C)NC(=O)N(CC(=O)NCc3c(C)nn(Cc4ccccc4)c3C)C2=O)c(C)o1. The van der Waals surface area contributed by atoms with E-state index < -0.39 is 23.4 Å². The van der Waals surface area contributed by atoms with Crippen LogP contribution in [-0.2, 0) is 28.2 Å². The number of hydrogen-bond donors (Lipinski definition) is 2. The number of furan rings is 1. The molecule has 2 N–H and O–H groups in total. The molecule has 0 saturated carbocycles. The second-order valence-corrected chi connectivity index (χ2v) is 8.84. The molecule has 1 aromatic carbocycles. The van der Waals surface area contributed by atoms with Crippen LogP contribution in [0.15, 0.2) is 40.8 Å². The van der Waals surface area contributed by atoms with E-state index >= 15 is 0 Å². The molecular weight excluding hydrogens is 434 g/mol. The van der Waals surface area contributed by atoms with Crippen molar-refractivity contribution in [2.45, 2.75) is 53.2 Å². The first-order valence-electron chi connectivity index (χ1n) is 11.1. The summed E-state index contributed by atoms with van der Waals surface area (Å²) in [6, 6.07) is 11.1. The van der Waals surface area contributed by atoms with Crippen LogP contribution in [-0.4, -0.2) is 39.1 Å². The van der Waals surface area contributed by atoms with Gasteiger partial charge in [0.2, 0.25) is 5.91 Å². The average molecular weight is 464 g/mol. The number of nitrogens with zero attached hydrogens (tertiary/aromatic N) is 3. The van der Waals surface area contributed by atoms with Crippen molar-refractivity contribution in [3.8, 4) is 0 Å². The van der Waals surface area contributed by atoms with Crippen LogP contribution < -0.4 is 10.6 Å². The lowest BCUT2D eigenvalue weighted by Crippen LogP contribution is -2.43. The molecule has 1 aliphatic heterocycles. The maximum atomic E-state index is 13.1. The number of aryl methyl sites for hydroxylation is 3. The number of carbonyl (C=O) groups excluding carboxylic acids is 3. The van der Waals surface area contributed by atoms with Crippen LogP contribution in [0.25, 0.3) is 0 Å². The van der Waals surface area contributed by atoms with E-state index in [1.54, 1.807) is 26.8 Å². The highest BCUT2D eigenvalue weighted by Crippen LogP contribution is 2.32. The van der Waals surface area contributed by atoms with E-state index in [9.17, 15) is 14.4 Å². The monoisotopic (exact) mass is 463 g/mol. The molecule has 1 aliphatic rings. The Labute approximate surface area is 198 Å². The van der Waals surface area contributed by atoms with Gasteiger partial charge in [-0.05, 0) is 46.2 Å². The summed E-state index contributed by atoms with van der Waals surface area (Å²) in [5, 5.41) is 10.1. The summed E-state index contributed by atoms with van der Waals surface area (Å²) >= 11 is 0. The van der Waals surface area contributed by atoms with E-state index in [1.165, 1.54) is 0 Å². The highest BCUT2D eigenvalue weighted by Gasteiger charge is 2.51. The second kappa shape index (κ2) is 8.81. The summed E-state index contributed by atoms with van der Waals surface area (Å²) < 4.78 is 7.44. The van der Waals surface area contributed by atoms with Crippen molar-refractivity contribution in [1.29, 1.82) is 0 Å². The average Bonchev–Trinajstić information content (AvgIpc) is 3.34. The molecule has 4 rings (SSSR count). The number of carbonyl (C=O) groups is 3. The predicted octanol–water partition coefficient (Wildman–Crippen LogP) is 2.84. The van der Waals surface area contributed by atoms with Crippen molar-refractivity contribution in [3.05, 3.63) is 76.0 Å². The molecule has 1 atom stereocenters. The predicted molar refractivity (Wildman–Crippen MR) is 125 cm³/mol. The van der Waals surface area contributed by atoms with Gasteiger partial charge in [-0.1, -0.05) is 30.3 Å². The van der Waals surface area contributed by atoms with Crippen LogP contribution in [0.3, 0.4) is 0 Å². The highest BCUT2D eigenvalue weighted by atomic mass is 16.3. The minimum absolute atomic E-state index is 0.256. The van der Waals surface area contributed by atoms with Crippen molar-refractivity contribution in [2.24, 2.45) is 0 Å². The van der Waals surface area contributed by atoms with Crippen molar-refractivity contribution in [1.82, 2.24) is 25.3 Å². The molecular formula is C25H29N5O4. The Balaban J connectivity index is 1.41. The summed E-state index contributed by atoms with van der Waals surface area (Å²) in [4.78, 5) is 39.3. The van der Waals surface area contributed by atoms with Crippen LogP contribution in [0, 0.1) is 27.7 Å². The van der Waals surface area contributed by atoms with Gasteiger partial charge in [-0.3, -0.25) is 19.2 Å². The Morgan fingerprint density at radius 3 is 2.50 bits per heavy atom. The van der Waals surface area contributed by atoms with Gasteiger partial charge in [0.1, 0.15) is 23.6 Å². The van der Waals surface area contributed by atoms with Gasteiger partial charge >= 0.3 is 6.03 Å². The number of hydrogen-bond acceptors (Lipinski definition) is 5. The lowest BCUT2D eigenvalue weighted by atomic mass is 9.92. The third-order valence-corrected chi connectivity index (χ3v) is 6.33. The standard InChI is InChI=1S/C25H29N5O4/c1-15-11-21(18(4)34-15)25(5)23(32)29(24(33)27-25)14-22(31)26-12-20-16(2)28-30(17(20)3)13-19-9-7-6-8-10-19/h6-11H,12-14H2,1-5H3,(H,26,31)(H,27,33). The van der Waals surface area contributed by atoms with E-state index in [-0.39, 0.29) is 13.1 Å². The van der Waals surface area contributed by atoms with Crippen molar-refractivity contribution in [2.75, 3.05) is 6.54 Å². The van der Waals surface area contributed by atoms with Gasteiger partial charge < -0.3 is 15.1 Å². The zero-order valence-corrected chi connectivity index (χ0v) is 20.1. The molecule has 0 spiro atoms. The van der Waals surface area contributed by atoms with Gasteiger partial charge in [0.05, 0.1) is 12.2 Å². The number of urea groups is 1. The summed E-state index contributed by atoms with van der Waals surface area (Å²) in [5.41, 5.74) is 3.13. The maximum Gasteiger partial charge on any atom is 0.325 e. The van der Waals surface area contributed by atoms with E-state index in [2.05, 4.69) is 15.7 Å². The van der Waals surface area contributed by atoms with E-state index in [0.29, 0.717) is 23.6 Å². The Morgan fingerprint density at radius 2 is 1.85 bits per heavy atom. The summed E-state index contributed by atoms with van der Waals surface area (Å²) in [5.74, 6) is 0.283. The molecule has 178 valence electrons. The third-order valence-electron chi connectivity index (χ3n) is 6.33. The number of rotatable bonds is 7. The fourth-order valence-electron chi connectivity index (χ4n) is 4.44. The molecule has 1 saturated heterocycles. The molecule has 2 aromatic heterocycles. The Hall–Kier alpha value is -3.88. The molecule has 1 unspecified atom stereocenters. The van der Waals surface area contributed by atoms with Crippen molar-refractivity contribution >= 4 is 17.8 Å². The molecule has 9 nitrogen and oxygen atoms in total. The molecule has 9 heteroatoms. The number of amides is 4. The molecule has 1 fully saturated rings. The van der Waals surface area contributed by atoms with Crippen molar-refractivity contribution in [3.63, 3.8) is 0 Å². The van der Waals surface area contributed by atoms with Gasteiger partial charge in [0, 0.05) is 23.4 Å². The minimum atomic E-state index is -1.27. The first kappa shape index (κ1) is 23.3. The number of aromatic nitrogens is 2. The number of benzene rings is 1. The van der Waals surface area contributed by atoms with Crippen LogP contribution in [0.1, 0.15) is 46.5 Å². The normalized spacial score (nSPS) is 17.9. The van der Waals surface area contributed by atoms with Gasteiger partial charge in [0.15, 0.2) is 0 Å². The quantitative estimate of drug-likeness (QED) is 0.524. The molecule has 0 bridgehead atoms. The van der Waals surface area contributed by atoms with Gasteiger partial charge in [0.25, 0.3) is 5.91 Å².